The SMILES string of the molecule is CS(=O)(=O)Nc1ccc(C(=O)NCCOCC(=O)O)cc1. The number of amides is 1. The van der Waals surface area contributed by atoms with E-state index < -0.39 is 22.6 Å². The van der Waals surface area contributed by atoms with E-state index in [9.17, 15) is 18.0 Å². The number of ether oxygens (including phenoxy) is 1. The molecule has 1 aromatic rings. The molecule has 1 amide bonds. The molecule has 0 spiro atoms. The molecule has 0 saturated carbocycles. The van der Waals surface area contributed by atoms with Crippen molar-refractivity contribution < 1.29 is 27.9 Å². The second kappa shape index (κ2) is 7.60. The number of carboxylic acid groups (broad SMARTS) is 1. The number of nitrogens with one attached hydrogen (secondary N) is 2. The minimum atomic E-state index is -3.35. The third-order valence-corrected chi connectivity index (χ3v) is 2.81. The topological polar surface area (TPSA) is 122 Å². The van der Waals surface area contributed by atoms with E-state index in [2.05, 4.69) is 10.0 Å². The number of sulfonamides is 1. The Labute approximate surface area is 122 Å². The molecule has 0 atom stereocenters. The lowest BCUT2D eigenvalue weighted by atomic mass is 10.2. The molecule has 0 saturated heterocycles. The summed E-state index contributed by atoms with van der Waals surface area (Å²) in [5.74, 6) is -1.44. The lowest BCUT2D eigenvalue weighted by Crippen LogP contribution is -2.27. The van der Waals surface area contributed by atoms with Gasteiger partial charge in [0.2, 0.25) is 10.0 Å². The first-order valence-electron chi connectivity index (χ1n) is 5.93. The van der Waals surface area contributed by atoms with Crippen LogP contribution in [-0.2, 0) is 19.6 Å². The lowest BCUT2D eigenvalue weighted by Gasteiger charge is -2.07. The largest absolute Gasteiger partial charge is 0.480 e. The fourth-order valence-electron chi connectivity index (χ4n) is 1.40. The van der Waals surface area contributed by atoms with Gasteiger partial charge in [-0.25, -0.2) is 13.2 Å². The Hall–Kier alpha value is -2.13. The molecule has 1 rings (SSSR count). The van der Waals surface area contributed by atoms with Crippen LogP contribution in [0.1, 0.15) is 10.4 Å². The van der Waals surface area contributed by atoms with Gasteiger partial charge in [0.25, 0.3) is 5.91 Å². The predicted molar refractivity (Wildman–Crippen MR) is 75.7 cm³/mol. The molecule has 0 bridgehead atoms. The standard InChI is InChI=1S/C12H16N2O6S/c1-21(18,19)14-10-4-2-9(3-5-10)12(17)13-6-7-20-8-11(15)16/h2-5,14H,6-8H2,1H3,(H,13,17)(H,15,16). The Kier molecular flexibility index (Phi) is 6.12. The number of hydrogen-bond donors (Lipinski definition) is 3. The average Bonchev–Trinajstić information content (AvgIpc) is 2.36. The maximum absolute atomic E-state index is 11.7. The summed E-state index contributed by atoms with van der Waals surface area (Å²) in [6, 6.07) is 5.88. The van der Waals surface area contributed by atoms with E-state index in [0.29, 0.717) is 11.3 Å². The highest BCUT2D eigenvalue weighted by molar-refractivity contribution is 7.92. The summed E-state index contributed by atoms with van der Waals surface area (Å²) in [6.07, 6.45) is 1.03. The zero-order valence-electron chi connectivity index (χ0n) is 11.3. The number of carboxylic acids is 1. The Balaban J connectivity index is 2.43. The van der Waals surface area contributed by atoms with E-state index >= 15 is 0 Å². The smallest absolute Gasteiger partial charge is 0.329 e. The van der Waals surface area contributed by atoms with Gasteiger partial charge in [-0.05, 0) is 24.3 Å². The van der Waals surface area contributed by atoms with Crippen LogP contribution < -0.4 is 10.0 Å². The third kappa shape index (κ3) is 7.28. The first kappa shape index (κ1) is 16.9. The number of carbonyl (C=O) groups excluding carboxylic acids is 1. The number of carbonyl (C=O) groups is 2. The minimum Gasteiger partial charge on any atom is -0.480 e. The predicted octanol–water partition coefficient (Wildman–Crippen LogP) is -0.111. The van der Waals surface area contributed by atoms with Crippen molar-refractivity contribution in [2.45, 2.75) is 0 Å². The molecule has 8 nitrogen and oxygen atoms in total. The van der Waals surface area contributed by atoms with Crippen LogP contribution in [0.25, 0.3) is 0 Å². The fraction of sp³-hybridized carbons (Fsp3) is 0.333. The summed E-state index contributed by atoms with van der Waals surface area (Å²) in [5, 5.41) is 10.9. The van der Waals surface area contributed by atoms with Crippen molar-refractivity contribution in [3.63, 3.8) is 0 Å². The van der Waals surface area contributed by atoms with Crippen molar-refractivity contribution >= 4 is 27.6 Å². The summed E-state index contributed by atoms with van der Waals surface area (Å²) < 4.78 is 29.1. The summed E-state index contributed by atoms with van der Waals surface area (Å²) in [4.78, 5) is 21.9. The quantitative estimate of drug-likeness (QED) is 0.575. The molecule has 0 aromatic heterocycles. The number of anilines is 1. The van der Waals surface area contributed by atoms with Gasteiger partial charge in [-0.1, -0.05) is 0 Å². The number of benzene rings is 1. The van der Waals surface area contributed by atoms with E-state index in [1.165, 1.54) is 24.3 Å². The first-order valence-corrected chi connectivity index (χ1v) is 7.82. The zero-order valence-corrected chi connectivity index (χ0v) is 12.1. The lowest BCUT2D eigenvalue weighted by molar-refractivity contribution is -0.142. The molecule has 21 heavy (non-hydrogen) atoms. The molecule has 0 unspecified atom stereocenters. The molecule has 1 aromatic carbocycles. The van der Waals surface area contributed by atoms with Gasteiger partial charge in [0.05, 0.1) is 12.9 Å². The van der Waals surface area contributed by atoms with Crippen molar-refractivity contribution in [2.75, 3.05) is 30.7 Å². The van der Waals surface area contributed by atoms with Gasteiger partial charge < -0.3 is 15.2 Å². The molecule has 3 N–H and O–H groups in total. The van der Waals surface area contributed by atoms with E-state index in [0.717, 1.165) is 6.26 Å². The molecule has 116 valence electrons. The Morgan fingerprint density at radius 2 is 1.86 bits per heavy atom. The normalized spacial score (nSPS) is 10.9. The molecular formula is C12H16N2O6S. The van der Waals surface area contributed by atoms with Gasteiger partial charge in [-0.15, -0.1) is 0 Å². The molecule has 0 aliphatic heterocycles. The summed E-state index contributed by atoms with van der Waals surface area (Å²) in [7, 11) is -3.35. The highest BCUT2D eigenvalue weighted by Gasteiger charge is 2.06. The summed E-state index contributed by atoms with van der Waals surface area (Å²) in [5.41, 5.74) is 0.714. The Morgan fingerprint density at radius 1 is 1.24 bits per heavy atom. The molecule has 9 heteroatoms. The number of aliphatic carboxylic acids is 1. The molecule has 0 radical (unpaired) electrons. The van der Waals surface area contributed by atoms with Crippen molar-refractivity contribution in [1.29, 1.82) is 0 Å². The second-order valence-corrected chi connectivity index (χ2v) is 5.90. The van der Waals surface area contributed by atoms with Gasteiger partial charge >= 0.3 is 5.97 Å². The fourth-order valence-corrected chi connectivity index (χ4v) is 1.97. The van der Waals surface area contributed by atoms with Crippen LogP contribution in [0, 0.1) is 0 Å². The highest BCUT2D eigenvalue weighted by atomic mass is 32.2. The van der Waals surface area contributed by atoms with E-state index in [1.54, 1.807) is 0 Å². The van der Waals surface area contributed by atoms with Gasteiger partial charge in [0.1, 0.15) is 6.61 Å². The van der Waals surface area contributed by atoms with Crippen molar-refractivity contribution in [3.8, 4) is 0 Å². The van der Waals surface area contributed by atoms with Crippen LogP contribution in [0.2, 0.25) is 0 Å². The van der Waals surface area contributed by atoms with Gasteiger partial charge in [-0.3, -0.25) is 9.52 Å². The number of rotatable bonds is 8. The highest BCUT2D eigenvalue weighted by Crippen LogP contribution is 2.10. The zero-order chi connectivity index (χ0) is 15.9. The van der Waals surface area contributed by atoms with E-state index in [4.69, 9.17) is 9.84 Å². The second-order valence-electron chi connectivity index (χ2n) is 4.15. The number of hydrogen-bond acceptors (Lipinski definition) is 5. The average molecular weight is 316 g/mol. The van der Waals surface area contributed by atoms with Crippen LogP contribution in [-0.4, -0.2) is 51.4 Å². The van der Waals surface area contributed by atoms with Crippen LogP contribution in [0.5, 0.6) is 0 Å². The van der Waals surface area contributed by atoms with Gasteiger partial charge in [0.15, 0.2) is 0 Å². The van der Waals surface area contributed by atoms with Crippen molar-refractivity contribution in [1.82, 2.24) is 5.32 Å². The third-order valence-electron chi connectivity index (χ3n) is 2.21. The van der Waals surface area contributed by atoms with Crippen LogP contribution >= 0.6 is 0 Å². The van der Waals surface area contributed by atoms with Gasteiger partial charge in [0, 0.05) is 17.8 Å². The van der Waals surface area contributed by atoms with Crippen LogP contribution in [0.3, 0.4) is 0 Å². The maximum Gasteiger partial charge on any atom is 0.329 e. The van der Waals surface area contributed by atoms with Crippen molar-refractivity contribution in [2.24, 2.45) is 0 Å². The molecular weight excluding hydrogens is 300 g/mol. The Bertz CT molecular complexity index is 597. The van der Waals surface area contributed by atoms with Crippen LogP contribution in [0.15, 0.2) is 24.3 Å². The Morgan fingerprint density at radius 3 is 2.38 bits per heavy atom. The van der Waals surface area contributed by atoms with Crippen LogP contribution in [0.4, 0.5) is 5.69 Å². The first-order chi connectivity index (χ1) is 9.78. The summed E-state index contributed by atoms with van der Waals surface area (Å²) >= 11 is 0. The minimum absolute atomic E-state index is 0.0890. The molecule has 0 aliphatic carbocycles. The molecule has 0 heterocycles. The van der Waals surface area contributed by atoms with E-state index in [-0.39, 0.29) is 19.1 Å². The van der Waals surface area contributed by atoms with Crippen molar-refractivity contribution in [3.05, 3.63) is 29.8 Å². The molecule has 0 aliphatic rings. The van der Waals surface area contributed by atoms with Gasteiger partial charge in [-0.2, -0.15) is 0 Å². The molecule has 0 fully saturated rings. The van der Waals surface area contributed by atoms with E-state index in [1.807, 2.05) is 0 Å². The summed E-state index contributed by atoms with van der Waals surface area (Å²) in [6.45, 7) is -0.150. The monoisotopic (exact) mass is 316 g/mol. The maximum atomic E-state index is 11.7.